The lowest BCUT2D eigenvalue weighted by Crippen LogP contribution is -2.55. The maximum Gasteiger partial charge on any atom is 0.0331 e. The average Bonchev–Trinajstić information content (AvgIpc) is 2.67. The van der Waals surface area contributed by atoms with Crippen LogP contribution in [0.1, 0.15) is 52.4 Å². The molecule has 1 saturated carbocycles. The molecule has 0 unspecified atom stereocenters. The molecule has 88 valence electrons. The fraction of sp³-hybridized carbons (Fsp3) is 1.00. The normalized spacial score (nSPS) is 30.6. The summed E-state index contributed by atoms with van der Waals surface area (Å²) in [6, 6.07) is 0. The first-order valence-corrected chi connectivity index (χ1v) is 6.53. The highest BCUT2D eigenvalue weighted by molar-refractivity contribution is 4.98. The van der Waals surface area contributed by atoms with E-state index in [2.05, 4.69) is 18.7 Å². The molecule has 0 aromatic rings. The van der Waals surface area contributed by atoms with Crippen molar-refractivity contribution in [2.45, 2.75) is 57.9 Å². The van der Waals surface area contributed by atoms with Crippen molar-refractivity contribution in [2.75, 3.05) is 19.6 Å². The minimum atomic E-state index is 0.385. The summed E-state index contributed by atoms with van der Waals surface area (Å²) >= 11 is 0. The molecule has 2 heteroatoms. The van der Waals surface area contributed by atoms with E-state index in [1.165, 1.54) is 51.6 Å². The third-order valence-electron chi connectivity index (χ3n) is 4.70. The fourth-order valence-corrected chi connectivity index (χ4v) is 3.27. The Kier molecular flexibility index (Phi) is 3.09. The summed E-state index contributed by atoms with van der Waals surface area (Å²) in [5.74, 6) is 0. The van der Waals surface area contributed by atoms with Crippen molar-refractivity contribution >= 4 is 0 Å². The molecule has 2 nitrogen and oxygen atoms in total. The summed E-state index contributed by atoms with van der Waals surface area (Å²) in [5.41, 5.74) is 6.97. The zero-order chi connectivity index (χ0) is 10.9. The second-order valence-electron chi connectivity index (χ2n) is 6.29. The number of nitrogens with two attached hydrogens (primary N) is 1. The van der Waals surface area contributed by atoms with Crippen molar-refractivity contribution in [2.24, 2.45) is 11.1 Å². The fourth-order valence-electron chi connectivity index (χ4n) is 3.27. The SMILES string of the molecule is CC1(C)CCN(C2(CN)CCCC2)CC1. The summed E-state index contributed by atoms with van der Waals surface area (Å²) in [6.07, 6.45) is 8.13. The lowest BCUT2D eigenvalue weighted by Gasteiger charge is -2.47. The van der Waals surface area contributed by atoms with Crippen LogP contribution in [0.3, 0.4) is 0 Å². The van der Waals surface area contributed by atoms with E-state index in [1.54, 1.807) is 0 Å². The van der Waals surface area contributed by atoms with E-state index in [0.29, 0.717) is 11.0 Å². The lowest BCUT2D eigenvalue weighted by molar-refractivity contribution is 0.0360. The standard InChI is InChI=1S/C13H26N2/c1-12(2)7-9-15(10-8-12)13(11-14)5-3-4-6-13/h3-11,14H2,1-2H3. The molecule has 1 aliphatic carbocycles. The van der Waals surface area contributed by atoms with Gasteiger partial charge in [-0.15, -0.1) is 0 Å². The van der Waals surface area contributed by atoms with Gasteiger partial charge >= 0.3 is 0 Å². The quantitative estimate of drug-likeness (QED) is 0.758. The van der Waals surface area contributed by atoms with Crippen molar-refractivity contribution < 1.29 is 0 Å². The predicted molar refractivity (Wildman–Crippen MR) is 64.8 cm³/mol. The van der Waals surface area contributed by atoms with Crippen molar-refractivity contribution in [3.8, 4) is 0 Å². The zero-order valence-corrected chi connectivity index (χ0v) is 10.4. The second kappa shape index (κ2) is 4.06. The molecule has 0 amide bonds. The largest absolute Gasteiger partial charge is 0.329 e. The Bertz CT molecular complexity index is 207. The van der Waals surface area contributed by atoms with Crippen LogP contribution >= 0.6 is 0 Å². The Morgan fingerprint density at radius 1 is 1.00 bits per heavy atom. The number of piperidine rings is 1. The Morgan fingerprint density at radius 3 is 2.00 bits per heavy atom. The first kappa shape index (κ1) is 11.4. The number of likely N-dealkylation sites (tertiary alicyclic amines) is 1. The van der Waals surface area contributed by atoms with Crippen LogP contribution in [0.4, 0.5) is 0 Å². The highest BCUT2D eigenvalue weighted by Crippen LogP contribution is 2.39. The summed E-state index contributed by atoms with van der Waals surface area (Å²) in [7, 11) is 0. The maximum absolute atomic E-state index is 6.03. The van der Waals surface area contributed by atoms with E-state index in [-0.39, 0.29) is 0 Å². The summed E-state index contributed by atoms with van der Waals surface area (Å²) in [4.78, 5) is 2.70. The van der Waals surface area contributed by atoms with E-state index in [4.69, 9.17) is 5.73 Å². The molecule has 2 N–H and O–H groups in total. The van der Waals surface area contributed by atoms with Crippen LogP contribution < -0.4 is 5.73 Å². The average molecular weight is 210 g/mol. The third-order valence-corrected chi connectivity index (χ3v) is 4.70. The van der Waals surface area contributed by atoms with Gasteiger partial charge in [0, 0.05) is 12.1 Å². The zero-order valence-electron chi connectivity index (χ0n) is 10.4. The Hall–Kier alpha value is -0.0800. The molecule has 2 aliphatic rings. The summed E-state index contributed by atoms with van der Waals surface area (Å²) in [5, 5.41) is 0. The monoisotopic (exact) mass is 210 g/mol. The highest BCUT2D eigenvalue weighted by atomic mass is 15.2. The third kappa shape index (κ3) is 2.21. The molecule has 0 spiro atoms. The second-order valence-corrected chi connectivity index (χ2v) is 6.29. The van der Waals surface area contributed by atoms with Gasteiger partial charge in [-0.25, -0.2) is 0 Å². The van der Waals surface area contributed by atoms with Crippen LogP contribution in [-0.4, -0.2) is 30.1 Å². The van der Waals surface area contributed by atoms with Crippen LogP contribution in [0, 0.1) is 5.41 Å². The molecule has 1 heterocycles. The minimum absolute atomic E-state index is 0.385. The number of rotatable bonds is 2. The molecule has 1 aliphatic heterocycles. The maximum atomic E-state index is 6.03. The molecule has 0 aromatic heterocycles. The van der Waals surface area contributed by atoms with Crippen molar-refractivity contribution in [1.29, 1.82) is 0 Å². The smallest absolute Gasteiger partial charge is 0.0331 e. The number of hydrogen-bond donors (Lipinski definition) is 1. The van der Waals surface area contributed by atoms with E-state index in [0.717, 1.165) is 6.54 Å². The van der Waals surface area contributed by atoms with Gasteiger partial charge in [0.2, 0.25) is 0 Å². The number of nitrogens with zero attached hydrogens (tertiary/aromatic N) is 1. The van der Waals surface area contributed by atoms with E-state index >= 15 is 0 Å². The summed E-state index contributed by atoms with van der Waals surface area (Å²) in [6.45, 7) is 8.20. The first-order valence-electron chi connectivity index (χ1n) is 6.53. The van der Waals surface area contributed by atoms with Gasteiger partial charge in [0.25, 0.3) is 0 Å². The van der Waals surface area contributed by atoms with Crippen molar-refractivity contribution in [3.05, 3.63) is 0 Å². The molecule has 0 aromatic carbocycles. The molecule has 15 heavy (non-hydrogen) atoms. The molecule has 0 radical (unpaired) electrons. The lowest BCUT2D eigenvalue weighted by atomic mass is 9.80. The molecular weight excluding hydrogens is 184 g/mol. The van der Waals surface area contributed by atoms with Crippen LogP contribution in [-0.2, 0) is 0 Å². The van der Waals surface area contributed by atoms with E-state index in [1.807, 2.05) is 0 Å². The highest BCUT2D eigenvalue weighted by Gasteiger charge is 2.40. The topological polar surface area (TPSA) is 29.3 Å². The van der Waals surface area contributed by atoms with Gasteiger partial charge in [-0.05, 0) is 44.2 Å². The molecule has 2 fully saturated rings. The van der Waals surface area contributed by atoms with E-state index in [9.17, 15) is 0 Å². The first-order chi connectivity index (χ1) is 7.08. The number of hydrogen-bond acceptors (Lipinski definition) is 2. The molecule has 0 bridgehead atoms. The van der Waals surface area contributed by atoms with E-state index < -0.39 is 0 Å². The van der Waals surface area contributed by atoms with Gasteiger partial charge in [0.15, 0.2) is 0 Å². The van der Waals surface area contributed by atoms with Gasteiger partial charge < -0.3 is 5.73 Å². The summed E-state index contributed by atoms with van der Waals surface area (Å²) < 4.78 is 0. The van der Waals surface area contributed by atoms with Crippen molar-refractivity contribution in [3.63, 3.8) is 0 Å². The minimum Gasteiger partial charge on any atom is -0.329 e. The van der Waals surface area contributed by atoms with Gasteiger partial charge in [0.05, 0.1) is 0 Å². The van der Waals surface area contributed by atoms with Gasteiger partial charge in [0.1, 0.15) is 0 Å². The van der Waals surface area contributed by atoms with Crippen LogP contribution in [0.25, 0.3) is 0 Å². The van der Waals surface area contributed by atoms with Gasteiger partial charge in [-0.2, -0.15) is 0 Å². The van der Waals surface area contributed by atoms with Crippen LogP contribution in [0.2, 0.25) is 0 Å². The van der Waals surface area contributed by atoms with Gasteiger partial charge in [-0.1, -0.05) is 26.7 Å². The van der Waals surface area contributed by atoms with Crippen LogP contribution in [0.15, 0.2) is 0 Å². The Balaban J connectivity index is 1.99. The predicted octanol–water partition coefficient (Wildman–Crippen LogP) is 2.38. The molecule has 2 rings (SSSR count). The molecule has 1 saturated heterocycles. The van der Waals surface area contributed by atoms with Crippen LogP contribution in [0.5, 0.6) is 0 Å². The molecular formula is C13H26N2. The van der Waals surface area contributed by atoms with Gasteiger partial charge in [-0.3, -0.25) is 4.90 Å². The Labute approximate surface area is 94.2 Å². The van der Waals surface area contributed by atoms with Crippen molar-refractivity contribution in [1.82, 2.24) is 4.90 Å². The molecule has 0 atom stereocenters. The Morgan fingerprint density at radius 2 is 1.53 bits per heavy atom.